The number of benzene rings is 2. The lowest BCUT2D eigenvalue weighted by Gasteiger charge is -2.28. The van der Waals surface area contributed by atoms with Gasteiger partial charge in [0.2, 0.25) is 7.29 Å². The fraction of sp³-hybridized carbons (Fsp3) is 0.478. The summed E-state index contributed by atoms with van der Waals surface area (Å²) < 4.78 is 14.3. The minimum absolute atomic E-state index is 0.323. The van der Waals surface area contributed by atoms with Gasteiger partial charge < -0.3 is 0 Å². The maximum Gasteiger partial charge on any atom is 0.204 e. The van der Waals surface area contributed by atoms with Crippen LogP contribution in [0.25, 0.3) is 0 Å². The van der Waals surface area contributed by atoms with E-state index in [1.165, 1.54) is 38.5 Å². The molecule has 1 atom stereocenters. The molecule has 0 bridgehead atoms. The third-order valence-electron chi connectivity index (χ3n) is 5.60. The minimum Gasteiger partial charge on any atom is -0.297 e. The van der Waals surface area contributed by atoms with Crippen LogP contribution in [0, 0.1) is 5.92 Å². The van der Waals surface area contributed by atoms with Crippen molar-refractivity contribution >= 4 is 17.9 Å². The zero-order chi connectivity index (χ0) is 18.2. The average Bonchev–Trinajstić information content (AvgIpc) is 3.20. The quantitative estimate of drug-likeness (QED) is 0.579. The summed E-state index contributed by atoms with van der Waals surface area (Å²) in [5, 5.41) is 5.51. The Labute approximate surface area is 158 Å². The van der Waals surface area contributed by atoms with Crippen LogP contribution < -0.4 is 15.7 Å². The van der Waals surface area contributed by atoms with Crippen LogP contribution in [0.15, 0.2) is 60.7 Å². The predicted octanol–water partition coefficient (Wildman–Crippen LogP) is 5.64. The highest BCUT2D eigenvalue weighted by Crippen LogP contribution is 2.41. The van der Waals surface area contributed by atoms with Gasteiger partial charge >= 0.3 is 0 Å². The summed E-state index contributed by atoms with van der Waals surface area (Å²) in [5.74, 6) is 0.796. The molecule has 0 amide bonds. The molecular weight excluding hydrogens is 337 g/mol. The molecule has 0 heterocycles. The molecule has 3 rings (SSSR count). The van der Waals surface area contributed by atoms with Crippen molar-refractivity contribution in [3.05, 3.63) is 60.7 Å². The second-order valence-corrected chi connectivity index (χ2v) is 10.1. The normalized spacial score (nSPS) is 16.7. The molecule has 2 nitrogen and oxygen atoms in total. The van der Waals surface area contributed by atoms with Crippen LogP contribution in [0.3, 0.4) is 0 Å². The third kappa shape index (κ3) is 4.87. The first-order chi connectivity index (χ1) is 12.7. The average molecular weight is 369 g/mol. The van der Waals surface area contributed by atoms with Crippen LogP contribution in [0.5, 0.6) is 0 Å². The smallest absolute Gasteiger partial charge is 0.204 e. The molecule has 3 heteroatoms. The Morgan fingerprint density at radius 2 is 1.50 bits per heavy atom. The van der Waals surface area contributed by atoms with Crippen molar-refractivity contribution in [2.24, 2.45) is 5.92 Å². The second kappa shape index (κ2) is 9.53. The molecule has 1 saturated carbocycles. The van der Waals surface area contributed by atoms with Gasteiger partial charge in [0.05, 0.1) is 0 Å². The van der Waals surface area contributed by atoms with E-state index in [-0.39, 0.29) is 0 Å². The molecular formula is C23H32NOP. The minimum atomic E-state index is -2.83. The van der Waals surface area contributed by atoms with Crippen LogP contribution in [-0.4, -0.2) is 6.04 Å². The van der Waals surface area contributed by atoms with Gasteiger partial charge in [-0.2, -0.15) is 0 Å². The summed E-state index contributed by atoms with van der Waals surface area (Å²) in [7, 11) is -2.83. The van der Waals surface area contributed by atoms with Gasteiger partial charge in [0, 0.05) is 16.7 Å². The van der Waals surface area contributed by atoms with Crippen LogP contribution in [-0.2, 0) is 4.57 Å². The van der Waals surface area contributed by atoms with Crippen molar-refractivity contribution < 1.29 is 4.57 Å². The Hall–Kier alpha value is -1.37. The lowest BCUT2D eigenvalue weighted by molar-refractivity contribution is 0.398. The first kappa shape index (κ1) is 19.4. The van der Waals surface area contributed by atoms with Crippen LogP contribution in [0.4, 0.5) is 0 Å². The van der Waals surface area contributed by atoms with E-state index in [4.69, 9.17) is 0 Å². The summed E-state index contributed by atoms with van der Waals surface area (Å²) in [6.07, 6.45) is 10.0. The summed E-state index contributed by atoms with van der Waals surface area (Å²) in [4.78, 5) is 0. The maximum atomic E-state index is 14.3. The fourth-order valence-corrected chi connectivity index (χ4v) is 6.69. The molecule has 1 aliphatic rings. The second-order valence-electron chi connectivity index (χ2n) is 7.63. The van der Waals surface area contributed by atoms with E-state index < -0.39 is 7.29 Å². The van der Waals surface area contributed by atoms with Crippen molar-refractivity contribution in [2.75, 3.05) is 0 Å². The van der Waals surface area contributed by atoms with Crippen LogP contribution in [0.2, 0.25) is 0 Å². The van der Waals surface area contributed by atoms with Crippen LogP contribution >= 0.6 is 7.29 Å². The van der Waals surface area contributed by atoms with Crippen molar-refractivity contribution in [1.82, 2.24) is 5.09 Å². The number of hydrogen-bond donors (Lipinski definition) is 1. The maximum absolute atomic E-state index is 14.3. The first-order valence-electron chi connectivity index (χ1n) is 10.2. The van der Waals surface area contributed by atoms with E-state index in [0.29, 0.717) is 6.04 Å². The Morgan fingerprint density at radius 3 is 2.00 bits per heavy atom. The van der Waals surface area contributed by atoms with E-state index >= 15 is 0 Å². The molecule has 1 aliphatic carbocycles. The van der Waals surface area contributed by atoms with Crippen molar-refractivity contribution in [3.63, 3.8) is 0 Å². The van der Waals surface area contributed by atoms with Gasteiger partial charge in [-0.05, 0) is 43.0 Å². The van der Waals surface area contributed by atoms with E-state index in [1.54, 1.807) is 0 Å². The SMILES string of the molecule is CCCC[C@H](CC1CCCC1)NP(=O)(c1ccccc1)c1ccccc1. The molecule has 1 N–H and O–H groups in total. The number of nitrogens with one attached hydrogen (secondary N) is 1. The van der Waals surface area contributed by atoms with E-state index in [0.717, 1.165) is 29.4 Å². The van der Waals surface area contributed by atoms with Gasteiger partial charge in [0.1, 0.15) is 0 Å². The summed E-state index contributed by atoms with van der Waals surface area (Å²) in [6.45, 7) is 2.24. The van der Waals surface area contributed by atoms with Crippen LogP contribution in [0.1, 0.15) is 58.3 Å². The topological polar surface area (TPSA) is 29.1 Å². The molecule has 0 unspecified atom stereocenters. The molecule has 0 aliphatic heterocycles. The lowest BCUT2D eigenvalue weighted by atomic mass is 9.96. The zero-order valence-electron chi connectivity index (χ0n) is 15.9. The zero-order valence-corrected chi connectivity index (χ0v) is 16.8. The van der Waals surface area contributed by atoms with E-state index in [2.05, 4.69) is 12.0 Å². The largest absolute Gasteiger partial charge is 0.297 e. The Bertz CT molecular complexity index is 651. The molecule has 26 heavy (non-hydrogen) atoms. The molecule has 0 spiro atoms. The monoisotopic (exact) mass is 369 g/mol. The molecule has 2 aromatic carbocycles. The molecule has 140 valence electrons. The highest BCUT2D eigenvalue weighted by atomic mass is 31.2. The van der Waals surface area contributed by atoms with Gasteiger partial charge in [-0.1, -0.05) is 81.8 Å². The first-order valence-corrected chi connectivity index (χ1v) is 11.9. The van der Waals surface area contributed by atoms with E-state index in [9.17, 15) is 4.57 Å². The molecule has 0 radical (unpaired) electrons. The summed E-state index contributed by atoms with van der Waals surface area (Å²) >= 11 is 0. The Balaban J connectivity index is 1.88. The fourth-order valence-electron chi connectivity index (χ4n) is 4.17. The van der Waals surface area contributed by atoms with Gasteiger partial charge in [-0.25, -0.2) is 0 Å². The molecule has 1 fully saturated rings. The van der Waals surface area contributed by atoms with Gasteiger partial charge in [-0.3, -0.25) is 9.65 Å². The summed E-state index contributed by atoms with van der Waals surface area (Å²) in [6, 6.07) is 20.3. The number of unbranched alkanes of at least 4 members (excludes halogenated alkanes) is 1. The van der Waals surface area contributed by atoms with Crippen molar-refractivity contribution in [2.45, 2.75) is 64.3 Å². The number of rotatable bonds is 9. The number of hydrogen-bond acceptors (Lipinski definition) is 1. The van der Waals surface area contributed by atoms with Crippen molar-refractivity contribution in [3.8, 4) is 0 Å². The van der Waals surface area contributed by atoms with E-state index in [1.807, 2.05) is 60.7 Å². The molecule has 0 aromatic heterocycles. The third-order valence-corrected chi connectivity index (χ3v) is 8.38. The van der Waals surface area contributed by atoms with Crippen molar-refractivity contribution in [1.29, 1.82) is 0 Å². The lowest BCUT2D eigenvalue weighted by Crippen LogP contribution is -2.36. The summed E-state index contributed by atoms with van der Waals surface area (Å²) in [5.41, 5.74) is 0. The highest BCUT2D eigenvalue weighted by Gasteiger charge is 2.31. The highest BCUT2D eigenvalue weighted by molar-refractivity contribution is 7.76. The van der Waals surface area contributed by atoms with Gasteiger partial charge in [-0.15, -0.1) is 0 Å². The van der Waals surface area contributed by atoms with Gasteiger partial charge in [0.15, 0.2) is 0 Å². The Kier molecular flexibility index (Phi) is 7.11. The molecule has 0 saturated heterocycles. The Morgan fingerprint density at radius 1 is 0.962 bits per heavy atom. The standard InChI is InChI=1S/C23H32NOP/c1-2-3-14-21(19-20-12-10-11-13-20)24-26(25,22-15-6-4-7-16-22)23-17-8-5-9-18-23/h4-9,15-18,20-21H,2-3,10-14,19H2,1H3,(H,24,25)/t21-/m1/s1. The predicted molar refractivity (Wildman–Crippen MR) is 113 cm³/mol. The van der Waals surface area contributed by atoms with Gasteiger partial charge in [0.25, 0.3) is 0 Å². The molecule has 2 aromatic rings.